The van der Waals surface area contributed by atoms with Crippen molar-refractivity contribution < 1.29 is 33.9 Å². The van der Waals surface area contributed by atoms with E-state index in [2.05, 4.69) is 10.6 Å². The first-order chi connectivity index (χ1) is 12.0. The van der Waals surface area contributed by atoms with Gasteiger partial charge in [-0.2, -0.15) is 0 Å². The average molecular weight is 374 g/mol. The van der Waals surface area contributed by atoms with Crippen molar-refractivity contribution in [3.8, 4) is 0 Å². The minimum Gasteiger partial charge on any atom is -0.480 e. The van der Waals surface area contributed by atoms with Gasteiger partial charge in [-0.3, -0.25) is 28.8 Å². The Balaban J connectivity index is 4.53. The number of primary amides is 2. The molecule has 0 saturated carbocycles. The maximum atomic E-state index is 11.8. The Kier molecular flexibility index (Phi) is 9.95. The number of hydrogen-bond acceptors (Lipinski definition) is 7. The Morgan fingerprint density at radius 1 is 0.885 bits per heavy atom. The van der Waals surface area contributed by atoms with Crippen molar-refractivity contribution >= 4 is 35.5 Å². The SMILES string of the molecule is NC(=O)CCC(N)C(=O)NCC(=O)NC(CC(N)=O)C(=O)NCC(=O)O. The number of carbonyl (C=O) groups excluding carboxylic acids is 5. The summed E-state index contributed by atoms with van der Waals surface area (Å²) in [5, 5.41) is 14.8. The van der Waals surface area contributed by atoms with E-state index in [1.165, 1.54) is 0 Å². The molecule has 0 fully saturated rings. The normalized spacial score (nSPS) is 12.3. The highest BCUT2D eigenvalue weighted by Gasteiger charge is 2.24. The molecule has 0 radical (unpaired) electrons. The molecule has 0 aliphatic carbocycles. The zero-order valence-electron chi connectivity index (χ0n) is 13.8. The molecule has 0 rings (SSSR count). The number of amides is 5. The van der Waals surface area contributed by atoms with Gasteiger partial charge in [0.05, 0.1) is 19.0 Å². The van der Waals surface area contributed by atoms with E-state index in [0.717, 1.165) is 0 Å². The van der Waals surface area contributed by atoms with E-state index in [0.29, 0.717) is 0 Å². The second-order valence-electron chi connectivity index (χ2n) is 5.23. The van der Waals surface area contributed by atoms with Crippen molar-refractivity contribution in [3.05, 3.63) is 0 Å². The fourth-order valence-corrected chi connectivity index (χ4v) is 1.67. The number of carboxylic acid groups (broad SMARTS) is 1. The van der Waals surface area contributed by atoms with E-state index in [4.69, 9.17) is 22.3 Å². The van der Waals surface area contributed by atoms with Gasteiger partial charge in [-0.1, -0.05) is 0 Å². The van der Waals surface area contributed by atoms with E-state index in [1.54, 1.807) is 0 Å². The Morgan fingerprint density at radius 2 is 1.46 bits per heavy atom. The maximum absolute atomic E-state index is 11.8. The third kappa shape index (κ3) is 10.5. The number of carbonyl (C=O) groups is 6. The van der Waals surface area contributed by atoms with Gasteiger partial charge in [-0.15, -0.1) is 0 Å². The Hall–Kier alpha value is -3.22. The molecule has 0 heterocycles. The molecule has 0 aromatic carbocycles. The van der Waals surface area contributed by atoms with Crippen molar-refractivity contribution in [2.45, 2.75) is 31.3 Å². The molecule has 5 amide bonds. The second-order valence-corrected chi connectivity index (χ2v) is 5.23. The number of nitrogens with one attached hydrogen (secondary N) is 3. The standard InChI is InChI=1S/C13H22N6O7/c14-6(1-2-8(15)20)12(25)17-4-10(22)19-7(3-9(16)21)13(26)18-5-11(23)24/h6-7H,1-5,14H2,(H2,15,20)(H2,16,21)(H,17,25)(H,18,26)(H,19,22)(H,23,24). The molecule has 0 aliphatic rings. The number of carboxylic acids is 1. The first-order valence-electron chi connectivity index (χ1n) is 7.41. The van der Waals surface area contributed by atoms with Gasteiger partial charge in [0.25, 0.3) is 0 Å². The minimum absolute atomic E-state index is 0.00925. The van der Waals surface area contributed by atoms with E-state index >= 15 is 0 Å². The van der Waals surface area contributed by atoms with Crippen LogP contribution in [0.2, 0.25) is 0 Å². The van der Waals surface area contributed by atoms with E-state index in [1.807, 2.05) is 5.32 Å². The lowest BCUT2D eigenvalue weighted by molar-refractivity contribution is -0.138. The van der Waals surface area contributed by atoms with Crippen LogP contribution >= 0.6 is 0 Å². The van der Waals surface area contributed by atoms with Crippen molar-refractivity contribution in [1.82, 2.24) is 16.0 Å². The minimum atomic E-state index is -1.40. The number of aliphatic carboxylic acids is 1. The van der Waals surface area contributed by atoms with Crippen LogP contribution in [0.5, 0.6) is 0 Å². The summed E-state index contributed by atoms with van der Waals surface area (Å²) in [4.78, 5) is 67.2. The summed E-state index contributed by atoms with van der Waals surface area (Å²) < 4.78 is 0. The fraction of sp³-hybridized carbons (Fsp3) is 0.538. The molecule has 0 spiro atoms. The van der Waals surface area contributed by atoms with Crippen LogP contribution < -0.4 is 33.2 Å². The van der Waals surface area contributed by atoms with Gasteiger partial charge in [0.2, 0.25) is 29.5 Å². The van der Waals surface area contributed by atoms with Gasteiger partial charge >= 0.3 is 5.97 Å². The summed E-state index contributed by atoms with van der Waals surface area (Å²) in [6.45, 7) is -1.28. The number of nitrogens with two attached hydrogens (primary N) is 3. The van der Waals surface area contributed by atoms with Gasteiger partial charge in [-0.05, 0) is 6.42 Å². The molecule has 0 aliphatic heterocycles. The van der Waals surface area contributed by atoms with Gasteiger partial charge in [-0.25, -0.2) is 0 Å². The van der Waals surface area contributed by atoms with Crippen LogP contribution in [0.25, 0.3) is 0 Å². The lowest BCUT2D eigenvalue weighted by Gasteiger charge is -2.17. The Bertz CT molecular complexity index is 579. The number of rotatable bonds is 12. The van der Waals surface area contributed by atoms with Gasteiger partial charge in [0.15, 0.2) is 0 Å². The van der Waals surface area contributed by atoms with Crippen LogP contribution in [-0.2, 0) is 28.8 Å². The van der Waals surface area contributed by atoms with E-state index in [9.17, 15) is 28.8 Å². The predicted molar refractivity (Wildman–Crippen MR) is 85.8 cm³/mol. The first kappa shape index (κ1) is 22.8. The van der Waals surface area contributed by atoms with E-state index < -0.39 is 67.1 Å². The van der Waals surface area contributed by atoms with Crippen LogP contribution in [0.4, 0.5) is 0 Å². The lowest BCUT2D eigenvalue weighted by Crippen LogP contribution is -2.52. The lowest BCUT2D eigenvalue weighted by atomic mass is 10.1. The summed E-state index contributed by atoms with van der Waals surface area (Å²) in [5.41, 5.74) is 15.4. The third-order valence-corrected chi connectivity index (χ3v) is 2.93. The summed E-state index contributed by atoms with van der Waals surface area (Å²) in [6, 6.07) is -2.46. The highest BCUT2D eigenvalue weighted by molar-refractivity contribution is 5.94. The molecular formula is C13H22N6O7. The molecule has 2 atom stereocenters. The highest BCUT2D eigenvalue weighted by Crippen LogP contribution is 1.94. The van der Waals surface area contributed by atoms with Crippen LogP contribution in [0.3, 0.4) is 0 Å². The van der Waals surface area contributed by atoms with Crippen molar-refractivity contribution in [3.63, 3.8) is 0 Å². The van der Waals surface area contributed by atoms with Gasteiger partial charge < -0.3 is 38.3 Å². The molecule has 10 N–H and O–H groups in total. The summed E-state index contributed by atoms with van der Waals surface area (Å²) in [6.07, 6.45) is -0.681. The largest absolute Gasteiger partial charge is 0.480 e. The molecule has 13 heteroatoms. The average Bonchev–Trinajstić information content (AvgIpc) is 2.54. The maximum Gasteiger partial charge on any atom is 0.322 e. The van der Waals surface area contributed by atoms with Gasteiger partial charge in [0.1, 0.15) is 12.6 Å². The second kappa shape index (κ2) is 11.4. The molecule has 2 unspecified atom stereocenters. The number of hydrogen-bond donors (Lipinski definition) is 7. The molecule has 0 saturated heterocycles. The summed E-state index contributed by atoms with van der Waals surface area (Å²) >= 11 is 0. The molecule has 146 valence electrons. The Labute approximate surface area is 148 Å². The molecular weight excluding hydrogens is 352 g/mol. The van der Waals surface area contributed by atoms with Crippen molar-refractivity contribution in [2.24, 2.45) is 17.2 Å². The summed E-state index contributed by atoms with van der Waals surface area (Å²) in [5.74, 6) is -5.34. The molecule has 0 aromatic rings. The summed E-state index contributed by atoms with van der Waals surface area (Å²) in [7, 11) is 0. The molecule has 26 heavy (non-hydrogen) atoms. The monoisotopic (exact) mass is 374 g/mol. The zero-order chi connectivity index (χ0) is 20.3. The molecule has 0 aromatic heterocycles. The molecule has 0 bridgehead atoms. The van der Waals surface area contributed by atoms with Crippen LogP contribution in [0.1, 0.15) is 19.3 Å². The van der Waals surface area contributed by atoms with Gasteiger partial charge in [0, 0.05) is 6.42 Å². The zero-order valence-corrected chi connectivity index (χ0v) is 13.8. The Morgan fingerprint density at radius 3 is 1.96 bits per heavy atom. The quantitative estimate of drug-likeness (QED) is 0.174. The van der Waals surface area contributed by atoms with Crippen LogP contribution in [-0.4, -0.2) is 65.8 Å². The third-order valence-electron chi connectivity index (χ3n) is 2.93. The fourth-order valence-electron chi connectivity index (χ4n) is 1.67. The predicted octanol–water partition coefficient (Wildman–Crippen LogP) is -4.74. The van der Waals surface area contributed by atoms with Crippen molar-refractivity contribution in [1.29, 1.82) is 0 Å². The van der Waals surface area contributed by atoms with Crippen LogP contribution in [0, 0.1) is 0 Å². The first-order valence-corrected chi connectivity index (χ1v) is 7.41. The van der Waals surface area contributed by atoms with Crippen molar-refractivity contribution in [2.75, 3.05) is 13.1 Å². The highest BCUT2D eigenvalue weighted by atomic mass is 16.4. The molecule has 13 nitrogen and oxygen atoms in total. The van der Waals surface area contributed by atoms with Crippen LogP contribution in [0.15, 0.2) is 0 Å². The topological polar surface area (TPSA) is 237 Å². The smallest absolute Gasteiger partial charge is 0.322 e. The van der Waals surface area contributed by atoms with E-state index in [-0.39, 0.29) is 12.8 Å².